The molecule has 0 saturated carbocycles. The lowest BCUT2D eigenvalue weighted by molar-refractivity contribution is 0.0647. The van der Waals surface area contributed by atoms with Crippen molar-refractivity contribution in [2.45, 2.75) is 72.6 Å². The van der Waals surface area contributed by atoms with Gasteiger partial charge in [0, 0.05) is 5.02 Å². The summed E-state index contributed by atoms with van der Waals surface area (Å²) in [6.07, 6.45) is 12.5. The van der Waals surface area contributed by atoms with Crippen LogP contribution >= 0.6 is 11.6 Å². The molecule has 0 bridgehead atoms. The highest BCUT2D eigenvalue weighted by atomic mass is 35.5. The molecular weight excluding hydrogens is 616 g/mol. The highest BCUT2D eigenvalue weighted by Crippen LogP contribution is 2.35. The van der Waals surface area contributed by atoms with E-state index in [0.29, 0.717) is 23.8 Å². The van der Waals surface area contributed by atoms with Crippen molar-refractivity contribution in [2.75, 3.05) is 13.2 Å². The summed E-state index contributed by atoms with van der Waals surface area (Å²) in [6, 6.07) is 17.8. The van der Waals surface area contributed by atoms with Crippen LogP contribution in [0, 0.1) is 0 Å². The Bertz CT molecular complexity index is 1560. The van der Waals surface area contributed by atoms with Crippen LogP contribution in [0.4, 0.5) is 0 Å². The van der Waals surface area contributed by atoms with Gasteiger partial charge in [-0.1, -0.05) is 52.6 Å². The third-order valence-corrected chi connectivity index (χ3v) is 7.69. The minimum Gasteiger partial charge on any atom is -0.490 e. The molecule has 2 N–H and O–H groups in total. The number of carboxylic acids is 2. The van der Waals surface area contributed by atoms with Crippen LogP contribution in [-0.4, -0.2) is 35.4 Å². The monoisotopic (exact) mass is 660 g/mol. The smallest absolute Gasteiger partial charge is 0.340 e. The minimum atomic E-state index is -1.39. The predicted octanol–water partition coefficient (Wildman–Crippen LogP) is 10.7. The SMILES string of the molecule is CC(C)=CCCC(C)=CCCC(C)=CCOc1c(OCCCCc2ccc(Oc3ccc(Cl)cc3)cc2)ccc(C(=O)O)c1C(=O)O. The second-order valence-electron chi connectivity index (χ2n) is 11.7. The summed E-state index contributed by atoms with van der Waals surface area (Å²) >= 11 is 5.93. The van der Waals surface area contributed by atoms with Crippen molar-refractivity contribution in [1.82, 2.24) is 0 Å². The Balaban J connectivity index is 1.55. The summed E-state index contributed by atoms with van der Waals surface area (Å²) in [5, 5.41) is 20.2. The van der Waals surface area contributed by atoms with Crippen LogP contribution in [0.3, 0.4) is 0 Å². The van der Waals surface area contributed by atoms with Gasteiger partial charge in [-0.25, -0.2) is 9.59 Å². The van der Waals surface area contributed by atoms with Crippen LogP contribution in [0.5, 0.6) is 23.0 Å². The number of carbonyl (C=O) groups is 2. The van der Waals surface area contributed by atoms with Crippen LogP contribution in [0.1, 0.15) is 92.5 Å². The molecule has 0 fully saturated rings. The molecule has 0 aliphatic rings. The van der Waals surface area contributed by atoms with Gasteiger partial charge in [-0.05, 0) is 133 Å². The second kappa shape index (κ2) is 19.2. The maximum absolute atomic E-state index is 12.1. The van der Waals surface area contributed by atoms with Gasteiger partial charge in [0.05, 0.1) is 12.2 Å². The Kier molecular flexibility index (Phi) is 15.1. The van der Waals surface area contributed by atoms with E-state index >= 15 is 0 Å². The van der Waals surface area contributed by atoms with Gasteiger partial charge in [0.25, 0.3) is 0 Å². The van der Waals surface area contributed by atoms with Crippen LogP contribution < -0.4 is 14.2 Å². The first kappa shape index (κ1) is 37.0. The van der Waals surface area contributed by atoms with Crippen molar-refractivity contribution in [2.24, 2.45) is 0 Å². The third-order valence-electron chi connectivity index (χ3n) is 7.44. The van der Waals surface area contributed by atoms with Gasteiger partial charge in [0.1, 0.15) is 23.7 Å². The summed E-state index contributed by atoms with van der Waals surface area (Å²) in [5.41, 5.74) is 4.15. The zero-order valence-electron chi connectivity index (χ0n) is 27.7. The summed E-state index contributed by atoms with van der Waals surface area (Å²) in [6.45, 7) is 8.75. The van der Waals surface area contributed by atoms with Crippen LogP contribution in [-0.2, 0) is 6.42 Å². The molecule has 47 heavy (non-hydrogen) atoms. The zero-order chi connectivity index (χ0) is 34.2. The molecule has 0 unspecified atom stereocenters. The number of aryl methyl sites for hydroxylation is 1. The van der Waals surface area contributed by atoms with E-state index in [-0.39, 0.29) is 23.7 Å². The maximum atomic E-state index is 12.1. The molecule has 0 spiro atoms. The number of ether oxygens (including phenoxy) is 3. The first-order valence-corrected chi connectivity index (χ1v) is 16.3. The molecular formula is C39H45ClO7. The van der Waals surface area contributed by atoms with Gasteiger partial charge >= 0.3 is 11.9 Å². The van der Waals surface area contributed by atoms with E-state index in [4.69, 9.17) is 25.8 Å². The van der Waals surface area contributed by atoms with E-state index in [1.807, 2.05) is 49.4 Å². The van der Waals surface area contributed by atoms with Crippen molar-refractivity contribution < 1.29 is 34.0 Å². The number of rotatable bonds is 19. The number of allylic oxidation sites excluding steroid dienone is 5. The van der Waals surface area contributed by atoms with Crippen LogP contribution in [0.2, 0.25) is 5.02 Å². The molecule has 0 aliphatic heterocycles. The van der Waals surface area contributed by atoms with Crippen LogP contribution in [0.15, 0.2) is 95.6 Å². The highest BCUT2D eigenvalue weighted by molar-refractivity contribution is 6.30. The Morgan fingerprint density at radius 2 is 1.34 bits per heavy atom. The molecule has 0 saturated heterocycles. The molecule has 3 rings (SSSR count). The fourth-order valence-electron chi connectivity index (χ4n) is 4.79. The number of halogens is 1. The van der Waals surface area contributed by atoms with E-state index in [1.165, 1.54) is 23.3 Å². The molecule has 0 heterocycles. The number of hydrogen-bond donors (Lipinski definition) is 2. The van der Waals surface area contributed by atoms with E-state index in [2.05, 4.69) is 32.9 Å². The number of aromatic carboxylic acids is 2. The Morgan fingerprint density at radius 3 is 1.96 bits per heavy atom. The number of hydrogen-bond acceptors (Lipinski definition) is 5. The van der Waals surface area contributed by atoms with Crippen LogP contribution in [0.25, 0.3) is 0 Å². The molecule has 8 heteroatoms. The molecule has 0 atom stereocenters. The van der Waals surface area contributed by atoms with Gasteiger partial charge < -0.3 is 24.4 Å². The lowest BCUT2D eigenvalue weighted by atomic mass is 10.1. The van der Waals surface area contributed by atoms with Gasteiger partial charge in [-0.15, -0.1) is 0 Å². The molecule has 250 valence electrons. The zero-order valence-corrected chi connectivity index (χ0v) is 28.4. The molecule has 0 amide bonds. The molecule has 0 aromatic heterocycles. The topological polar surface area (TPSA) is 102 Å². The van der Waals surface area contributed by atoms with Crippen molar-refractivity contribution in [3.05, 3.63) is 117 Å². The Hall–Kier alpha value is -4.49. The standard InChI is InChI=1S/C39H45ClO7/c1-27(2)9-7-10-28(3)11-8-12-29(4)24-26-46-37-35(23-22-34(38(41)42)36(37)39(43)44)45-25-6-5-13-30-14-18-32(19-15-30)47-33-20-16-31(40)17-21-33/h9,11,14-24H,5-8,10,12-13,25-26H2,1-4H3,(H,41,42)(H,43,44). The lowest BCUT2D eigenvalue weighted by Crippen LogP contribution is -2.13. The van der Waals surface area contributed by atoms with Crippen molar-refractivity contribution in [3.63, 3.8) is 0 Å². The first-order valence-electron chi connectivity index (χ1n) is 15.9. The van der Waals surface area contributed by atoms with Crippen molar-refractivity contribution in [3.8, 4) is 23.0 Å². The maximum Gasteiger partial charge on any atom is 0.340 e. The summed E-state index contributed by atoms with van der Waals surface area (Å²) < 4.78 is 17.7. The summed E-state index contributed by atoms with van der Waals surface area (Å²) in [5.74, 6) is -1.17. The van der Waals surface area contributed by atoms with Crippen molar-refractivity contribution in [1.29, 1.82) is 0 Å². The van der Waals surface area contributed by atoms with Gasteiger partial charge in [0.2, 0.25) is 0 Å². The minimum absolute atomic E-state index is 0.0762. The molecule has 3 aromatic carbocycles. The molecule has 7 nitrogen and oxygen atoms in total. The predicted molar refractivity (Wildman–Crippen MR) is 188 cm³/mol. The molecule has 0 aliphatic carbocycles. The lowest BCUT2D eigenvalue weighted by Gasteiger charge is -2.16. The second-order valence-corrected chi connectivity index (χ2v) is 12.1. The molecule has 3 aromatic rings. The third kappa shape index (κ3) is 13.0. The molecule has 0 radical (unpaired) electrons. The normalized spacial score (nSPS) is 11.6. The Labute approximate surface area is 283 Å². The van der Waals surface area contributed by atoms with Gasteiger partial charge in [-0.3, -0.25) is 0 Å². The number of unbranched alkanes of at least 4 members (excludes halogenated alkanes) is 1. The van der Waals surface area contributed by atoms with E-state index in [9.17, 15) is 19.8 Å². The number of benzene rings is 3. The van der Waals surface area contributed by atoms with E-state index in [1.54, 1.807) is 12.1 Å². The largest absolute Gasteiger partial charge is 0.490 e. The van der Waals surface area contributed by atoms with Crippen molar-refractivity contribution >= 4 is 23.5 Å². The fraction of sp³-hybridized carbons (Fsp3) is 0.333. The average molecular weight is 661 g/mol. The quantitative estimate of drug-likeness (QED) is 0.0974. The van der Waals surface area contributed by atoms with Gasteiger partial charge in [-0.2, -0.15) is 0 Å². The average Bonchev–Trinajstić information content (AvgIpc) is 3.02. The first-order chi connectivity index (χ1) is 22.5. The van der Waals surface area contributed by atoms with Gasteiger partial charge in [0.15, 0.2) is 11.5 Å². The van der Waals surface area contributed by atoms with E-state index < -0.39 is 17.5 Å². The summed E-state index contributed by atoms with van der Waals surface area (Å²) in [4.78, 5) is 24.0. The highest BCUT2D eigenvalue weighted by Gasteiger charge is 2.25. The summed E-state index contributed by atoms with van der Waals surface area (Å²) in [7, 11) is 0. The van der Waals surface area contributed by atoms with E-state index in [0.717, 1.165) is 55.4 Å². The fourth-order valence-corrected chi connectivity index (χ4v) is 4.92. The Morgan fingerprint density at radius 1 is 0.723 bits per heavy atom. The number of carboxylic acid groups (broad SMARTS) is 2.